The molecular formula is C19H40BNO2. The number of piperidine rings is 1. The summed E-state index contributed by atoms with van der Waals surface area (Å²) < 4.78 is 0. The average Bonchev–Trinajstić information content (AvgIpc) is 2.55. The lowest BCUT2D eigenvalue weighted by Crippen LogP contribution is -2.37. The van der Waals surface area contributed by atoms with Crippen molar-refractivity contribution in [2.75, 3.05) is 13.1 Å². The van der Waals surface area contributed by atoms with E-state index in [9.17, 15) is 10.2 Å². The van der Waals surface area contributed by atoms with E-state index in [-0.39, 0.29) is 12.2 Å². The largest absolute Gasteiger partial charge is 0.394 e. The van der Waals surface area contributed by atoms with E-state index in [4.69, 9.17) is 0 Å². The molecule has 0 radical (unpaired) electrons. The Labute approximate surface area is 144 Å². The lowest BCUT2D eigenvalue weighted by molar-refractivity contribution is 0.0999. The Balaban J connectivity index is 2.51. The molecule has 2 atom stereocenters. The molecule has 0 aliphatic carbocycles. The predicted molar refractivity (Wildman–Crippen MR) is 101 cm³/mol. The Hall–Kier alpha value is -0.0551. The second-order valence-electron chi connectivity index (χ2n) is 7.69. The van der Waals surface area contributed by atoms with Crippen molar-refractivity contribution in [2.24, 2.45) is 11.8 Å². The summed E-state index contributed by atoms with van der Waals surface area (Å²) in [7, 11) is 0. The van der Waals surface area contributed by atoms with E-state index in [2.05, 4.69) is 26.1 Å². The van der Waals surface area contributed by atoms with Crippen molar-refractivity contribution in [1.82, 2.24) is 5.32 Å². The van der Waals surface area contributed by atoms with Gasteiger partial charge >= 0.3 is 0 Å². The van der Waals surface area contributed by atoms with Gasteiger partial charge in [0.1, 0.15) is 6.71 Å². The van der Waals surface area contributed by atoms with Gasteiger partial charge in [-0.25, -0.2) is 0 Å². The van der Waals surface area contributed by atoms with Crippen LogP contribution >= 0.6 is 0 Å². The van der Waals surface area contributed by atoms with Crippen LogP contribution in [0.1, 0.15) is 65.7 Å². The molecule has 0 amide bonds. The summed E-state index contributed by atoms with van der Waals surface area (Å²) in [6.45, 7) is 9.18. The Morgan fingerprint density at radius 1 is 0.957 bits per heavy atom. The molecule has 1 aliphatic heterocycles. The van der Waals surface area contributed by atoms with Crippen LogP contribution in [0, 0.1) is 11.8 Å². The molecule has 136 valence electrons. The van der Waals surface area contributed by atoms with Crippen LogP contribution in [-0.4, -0.2) is 42.2 Å². The quantitative estimate of drug-likeness (QED) is 0.478. The van der Waals surface area contributed by atoms with Crippen molar-refractivity contribution in [1.29, 1.82) is 0 Å². The molecular weight excluding hydrogens is 285 g/mol. The van der Waals surface area contributed by atoms with Gasteiger partial charge in [0.25, 0.3) is 0 Å². The van der Waals surface area contributed by atoms with Crippen LogP contribution < -0.4 is 5.32 Å². The minimum absolute atomic E-state index is 0.184. The zero-order valence-electron chi connectivity index (χ0n) is 15.8. The van der Waals surface area contributed by atoms with Crippen LogP contribution in [0.25, 0.3) is 0 Å². The minimum atomic E-state index is -0.188. The molecule has 0 aromatic carbocycles. The third-order valence-corrected chi connectivity index (χ3v) is 5.64. The SMILES string of the molecule is CCCB(CC(O)C(CCC)CCC)CC(O)C1CCNCC1. The molecule has 0 saturated carbocycles. The standard InChI is InChI=1S/C19H40BNO2/c1-4-7-16(8-5-2)18(22)14-20(11-6-3)15-19(23)17-9-12-21-13-10-17/h16-19,21-23H,4-15H2,1-3H3. The predicted octanol–water partition coefficient (Wildman–Crippen LogP) is 3.83. The maximum absolute atomic E-state index is 10.7. The molecule has 1 aliphatic rings. The van der Waals surface area contributed by atoms with E-state index < -0.39 is 0 Å². The highest BCUT2D eigenvalue weighted by Crippen LogP contribution is 2.27. The fourth-order valence-corrected chi connectivity index (χ4v) is 4.31. The molecule has 1 heterocycles. The number of rotatable bonds is 12. The second kappa shape index (κ2) is 12.3. The first-order valence-electron chi connectivity index (χ1n) is 10.2. The molecule has 23 heavy (non-hydrogen) atoms. The monoisotopic (exact) mass is 325 g/mol. The molecule has 3 N–H and O–H groups in total. The summed E-state index contributed by atoms with van der Waals surface area (Å²) in [5.74, 6) is 0.898. The summed E-state index contributed by atoms with van der Waals surface area (Å²) in [4.78, 5) is 0. The molecule has 0 bridgehead atoms. The molecule has 0 aromatic heterocycles. The van der Waals surface area contributed by atoms with Crippen LogP contribution in [0.15, 0.2) is 0 Å². The molecule has 0 aromatic rings. The molecule has 2 unspecified atom stereocenters. The van der Waals surface area contributed by atoms with Gasteiger partial charge in [0.2, 0.25) is 0 Å². The summed E-state index contributed by atoms with van der Waals surface area (Å²) in [6.07, 6.45) is 10.4. The Bertz CT molecular complexity index is 279. The van der Waals surface area contributed by atoms with Gasteiger partial charge in [0, 0.05) is 0 Å². The van der Waals surface area contributed by atoms with Crippen molar-refractivity contribution in [2.45, 2.75) is 96.9 Å². The number of hydrogen-bond acceptors (Lipinski definition) is 3. The number of aliphatic hydroxyl groups excluding tert-OH is 2. The van der Waals surface area contributed by atoms with Gasteiger partial charge in [-0.05, 0) is 63.2 Å². The molecule has 1 saturated heterocycles. The van der Waals surface area contributed by atoms with Gasteiger partial charge in [0.15, 0.2) is 0 Å². The zero-order valence-corrected chi connectivity index (χ0v) is 15.8. The highest BCUT2D eigenvalue weighted by molar-refractivity contribution is 6.59. The van der Waals surface area contributed by atoms with E-state index in [0.717, 1.165) is 77.0 Å². The highest BCUT2D eigenvalue weighted by Gasteiger charge is 2.29. The fourth-order valence-electron chi connectivity index (χ4n) is 4.31. The Morgan fingerprint density at radius 2 is 1.57 bits per heavy atom. The van der Waals surface area contributed by atoms with Crippen molar-refractivity contribution < 1.29 is 10.2 Å². The minimum Gasteiger partial charge on any atom is -0.394 e. The van der Waals surface area contributed by atoms with Gasteiger partial charge in [-0.3, -0.25) is 0 Å². The fraction of sp³-hybridized carbons (Fsp3) is 1.00. The van der Waals surface area contributed by atoms with E-state index in [0.29, 0.717) is 18.5 Å². The van der Waals surface area contributed by atoms with Gasteiger partial charge in [-0.2, -0.15) is 0 Å². The Morgan fingerprint density at radius 3 is 2.09 bits per heavy atom. The number of aliphatic hydroxyl groups is 2. The second-order valence-corrected chi connectivity index (χ2v) is 7.69. The number of hydrogen-bond donors (Lipinski definition) is 3. The first-order chi connectivity index (χ1) is 11.1. The van der Waals surface area contributed by atoms with Crippen molar-refractivity contribution >= 4 is 6.71 Å². The lowest BCUT2D eigenvalue weighted by Gasteiger charge is -2.30. The first-order valence-corrected chi connectivity index (χ1v) is 10.2. The van der Waals surface area contributed by atoms with Gasteiger partial charge in [-0.1, -0.05) is 46.4 Å². The van der Waals surface area contributed by atoms with Crippen LogP contribution in [0.3, 0.4) is 0 Å². The lowest BCUT2D eigenvalue weighted by atomic mass is 9.39. The third-order valence-electron chi connectivity index (χ3n) is 5.64. The summed E-state index contributed by atoms with van der Waals surface area (Å²) >= 11 is 0. The average molecular weight is 325 g/mol. The van der Waals surface area contributed by atoms with E-state index in [1.54, 1.807) is 0 Å². The molecule has 3 nitrogen and oxygen atoms in total. The first kappa shape index (κ1) is 21.0. The Kier molecular flexibility index (Phi) is 11.2. The summed E-state index contributed by atoms with van der Waals surface area (Å²) in [5.41, 5.74) is 0. The van der Waals surface area contributed by atoms with Crippen molar-refractivity contribution in [3.63, 3.8) is 0 Å². The molecule has 0 spiro atoms. The topological polar surface area (TPSA) is 52.5 Å². The van der Waals surface area contributed by atoms with Crippen LogP contribution in [0.4, 0.5) is 0 Å². The van der Waals surface area contributed by atoms with Gasteiger partial charge in [0.05, 0.1) is 12.2 Å². The maximum atomic E-state index is 10.7. The summed E-state index contributed by atoms with van der Waals surface area (Å²) in [6, 6.07) is 0. The number of nitrogens with one attached hydrogen (secondary N) is 1. The van der Waals surface area contributed by atoms with E-state index in [1.165, 1.54) is 0 Å². The third kappa shape index (κ3) is 8.04. The van der Waals surface area contributed by atoms with E-state index in [1.807, 2.05) is 0 Å². The van der Waals surface area contributed by atoms with Crippen LogP contribution in [-0.2, 0) is 0 Å². The van der Waals surface area contributed by atoms with Crippen LogP contribution in [0.2, 0.25) is 19.0 Å². The van der Waals surface area contributed by atoms with Gasteiger partial charge in [-0.15, -0.1) is 0 Å². The molecule has 1 rings (SSSR count). The van der Waals surface area contributed by atoms with Crippen molar-refractivity contribution in [3.05, 3.63) is 0 Å². The van der Waals surface area contributed by atoms with Gasteiger partial charge < -0.3 is 15.5 Å². The van der Waals surface area contributed by atoms with E-state index >= 15 is 0 Å². The van der Waals surface area contributed by atoms with Crippen LogP contribution in [0.5, 0.6) is 0 Å². The smallest absolute Gasteiger partial charge is 0.145 e. The zero-order chi connectivity index (χ0) is 17.1. The van der Waals surface area contributed by atoms with Crippen molar-refractivity contribution in [3.8, 4) is 0 Å². The molecule has 4 heteroatoms. The molecule has 1 fully saturated rings. The maximum Gasteiger partial charge on any atom is 0.145 e. The summed E-state index contributed by atoms with van der Waals surface area (Å²) in [5, 5.41) is 24.7. The highest BCUT2D eigenvalue weighted by atomic mass is 16.3. The normalized spacial score (nSPS) is 19.0.